The van der Waals surface area contributed by atoms with Crippen LogP contribution in [0, 0.1) is 10.1 Å². The van der Waals surface area contributed by atoms with Gasteiger partial charge in [-0.25, -0.2) is 4.79 Å². The highest BCUT2D eigenvalue weighted by Gasteiger charge is 2.49. The fraction of sp³-hybridized carbons (Fsp3) is 0.857. The van der Waals surface area contributed by atoms with Gasteiger partial charge in [-0.1, -0.05) is 0 Å². The molecule has 2 heterocycles. The first-order valence-corrected chi connectivity index (χ1v) is 4.68. The topological polar surface area (TPSA) is 126 Å². The van der Waals surface area contributed by atoms with Gasteiger partial charge in [-0.2, -0.15) is 0 Å². The van der Waals surface area contributed by atoms with Crippen molar-refractivity contribution in [1.82, 2.24) is 5.32 Å². The second-order valence-corrected chi connectivity index (χ2v) is 3.58. The van der Waals surface area contributed by atoms with E-state index in [1.54, 1.807) is 0 Å². The van der Waals surface area contributed by atoms with E-state index in [9.17, 15) is 14.9 Å². The Bertz CT molecular complexity index is 280. The van der Waals surface area contributed by atoms with E-state index in [4.69, 9.17) is 15.2 Å². The average molecular weight is 233 g/mol. The number of hydrogen-bond donors (Lipinski definition) is 2. The number of nitrogens with two attached hydrogens (primary N) is 1. The Labute approximate surface area is 89.9 Å². The summed E-state index contributed by atoms with van der Waals surface area (Å²) in [6, 6.07) is -1.07. The van der Waals surface area contributed by atoms with Crippen LogP contribution in [-0.4, -0.2) is 48.7 Å². The molecule has 90 valence electrons. The molecule has 0 bridgehead atoms. The number of ether oxygens (including phenoxy) is 2. The molecule has 0 saturated carbocycles. The highest BCUT2D eigenvalue weighted by molar-refractivity contribution is 5.72. The molecule has 0 aliphatic carbocycles. The first-order valence-electron chi connectivity index (χ1n) is 4.68. The summed E-state index contributed by atoms with van der Waals surface area (Å²) in [4.78, 5) is 25.3. The molecule has 0 aromatic rings. The van der Waals surface area contributed by atoms with E-state index < -0.39 is 29.4 Å². The van der Waals surface area contributed by atoms with Crippen molar-refractivity contribution < 1.29 is 24.2 Å². The number of carbonyl (C=O) groups excluding carboxylic acids is 1. The summed E-state index contributed by atoms with van der Waals surface area (Å²) in [7, 11) is 0. The van der Waals surface area contributed by atoms with Crippen LogP contribution in [0.4, 0.5) is 4.79 Å². The van der Waals surface area contributed by atoms with Gasteiger partial charge in [0.15, 0.2) is 6.10 Å². The lowest BCUT2D eigenvalue weighted by atomic mass is 10.1. The fourth-order valence-electron chi connectivity index (χ4n) is 1.97. The number of hydrogen-bond acceptors (Lipinski definition) is 6. The van der Waals surface area contributed by atoms with E-state index in [0.29, 0.717) is 0 Å². The maximum Gasteiger partial charge on any atom is 0.312 e. The van der Waals surface area contributed by atoms with Gasteiger partial charge >= 0.3 is 6.03 Å². The number of rotatable bonds is 3. The van der Waals surface area contributed by atoms with Crippen LogP contribution < -0.4 is 11.1 Å². The van der Waals surface area contributed by atoms with Crippen molar-refractivity contribution in [2.24, 2.45) is 5.73 Å². The third kappa shape index (κ3) is 1.99. The lowest BCUT2D eigenvalue weighted by Gasteiger charge is -2.15. The molecule has 16 heavy (non-hydrogen) atoms. The summed E-state index contributed by atoms with van der Waals surface area (Å²) in [6.07, 6.45) is -1.74. The van der Waals surface area contributed by atoms with E-state index in [-0.39, 0.29) is 19.3 Å². The van der Waals surface area contributed by atoms with Gasteiger partial charge in [-0.15, -0.1) is 10.1 Å². The molecule has 0 aromatic heterocycles. The fourth-order valence-corrected chi connectivity index (χ4v) is 1.97. The van der Waals surface area contributed by atoms with Gasteiger partial charge in [0.05, 0.1) is 19.3 Å². The maximum absolute atomic E-state index is 10.7. The molecule has 9 heteroatoms. The molecule has 2 saturated heterocycles. The van der Waals surface area contributed by atoms with Crippen molar-refractivity contribution >= 4 is 6.03 Å². The monoisotopic (exact) mass is 233 g/mol. The molecular formula is C7H11N3O6. The zero-order valence-corrected chi connectivity index (χ0v) is 8.20. The van der Waals surface area contributed by atoms with Gasteiger partial charge in [0.25, 0.3) is 5.09 Å². The molecule has 0 radical (unpaired) electrons. The molecule has 2 aliphatic rings. The third-order valence-electron chi connectivity index (χ3n) is 2.56. The number of urea groups is 1. The van der Waals surface area contributed by atoms with Crippen LogP contribution in [0.2, 0.25) is 0 Å². The van der Waals surface area contributed by atoms with Crippen molar-refractivity contribution in [3.8, 4) is 0 Å². The predicted molar refractivity (Wildman–Crippen MR) is 47.9 cm³/mol. The second-order valence-electron chi connectivity index (χ2n) is 3.58. The molecule has 2 aliphatic heterocycles. The molecular weight excluding hydrogens is 222 g/mol. The number of amides is 2. The summed E-state index contributed by atoms with van der Waals surface area (Å²) >= 11 is 0. The molecule has 9 nitrogen and oxygen atoms in total. The van der Waals surface area contributed by atoms with Gasteiger partial charge in [-0.3, -0.25) is 0 Å². The molecule has 0 spiro atoms. The Kier molecular flexibility index (Phi) is 2.79. The van der Waals surface area contributed by atoms with Gasteiger partial charge in [0, 0.05) is 0 Å². The van der Waals surface area contributed by atoms with E-state index in [1.807, 2.05) is 0 Å². The van der Waals surface area contributed by atoms with Crippen LogP contribution in [0.3, 0.4) is 0 Å². The average Bonchev–Trinajstić information content (AvgIpc) is 2.70. The summed E-state index contributed by atoms with van der Waals surface area (Å²) in [5, 5.41) is 11.8. The molecule has 2 rings (SSSR count). The Morgan fingerprint density at radius 2 is 2.12 bits per heavy atom. The Hall–Kier alpha value is -1.61. The molecule has 2 amide bonds. The van der Waals surface area contributed by atoms with Crippen LogP contribution in [-0.2, 0) is 14.3 Å². The minimum atomic E-state index is -0.880. The summed E-state index contributed by atoms with van der Waals surface area (Å²) in [6.45, 7) is 0.267. The largest absolute Gasteiger partial charge is 0.371 e. The highest BCUT2D eigenvalue weighted by Crippen LogP contribution is 2.28. The number of nitrogens with one attached hydrogen (secondary N) is 1. The number of nitrogens with zero attached hydrogens (tertiary/aromatic N) is 1. The SMILES string of the molecule is NC(=O)N[C@H]1CO[C@@H]2C(O[N+](=O)[O-])CO[C@H]12. The van der Waals surface area contributed by atoms with Gasteiger partial charge in [0.1, 0.15) is 12.2 Å². The lowest BCUT2D eigenvalue weighted by molar-refractivity contribution is -0.769. The molecule has 4 atom stereocenters. The molecule has 2 fully saturated rings. The number of carbonyl (C=O) groups is 1. The standard InChI is InChI=1S/C7H11N3O6/c8-7(11)9-3-1-14-6-4(16-10(12)13)2-15-5(3)6/h3-6H,1-2H2,(H3,8,9,11)/t3-,4?,5+,6+/m0/s1. The van der Waals surface area contributed by atoms with Crippen molar-refractivity contribution in [3.05, 3.63) is 10.1 Å². The highest BCUT2D eigenvalue weighted by atomic mass is 17.0. The summed E-state index contributed by atoms with van der Waals surface area (Å²) in [5.74, 6) is 0. The van der Waals surface area contributed by atoms with E-state index in [1.165, 1.54) is 0 Å². The van der Waals surface area contributed by atoms with E-state index in [2.05, 4.69) is 10.2 Å². The summed E-state index contributed by atoms with van der Waals surface area (Å²) < 4.78 is 10.6. The normalized spacial score (nSPS) is 36.8. The van der Waals surface area contributed by atoms with Crippen molar-refractivity contribution in [2.45, 2.75) is 24.4 Å². The Balaban J connectivity index is 1.95. The van der Waals surface area contributed by atoms with E-state index >= 15 is 0 Å². The van der Waals surface area contributed by atoms with Gasteiger partial charge in [-0.05, 0) is 0 Å². The zero-order valence-electron chi connectivity index (χ0n) is 8.20. The Morgan fingerprint density at radius 1 is 1.44 bits per heavy atom. The van der Waals surface area contributed by atoms with Crippen molar-refractivity contribution in [1.29, 1.82) is 0 Å². The Morgan fingerprint density at radius 3 is 2.75 bits per heavy atom. The third-order valence-corrected chi connectivity index (χ3v) is 2.56. The second kappa shape index (κ2) is 4.10. The summed E-state index contributed by atoms with van der Waals surface area (Å²) in [5.41, 5.74) is 4.97. The van der Waals surface area contributed by atoms with Gasteiger partial charge in [0.2, 0.25) is 0 Å². The minimum Gasteiger partial charge on any atom is -0.371 e. The van der Waals surface area contributed by atoms with Crippen LogP contribution >= 0.6 is 0 Å². The lowest BCUT2D eigenvalue weighted by Crippen LogP contribution is -2.46. The minimum absolute atomic E-state index is 0.0628. The first-order chi connectivity index (χ1) is 7.58. The smallest absolute Gasteiger partial charge is 0.312 e. The van der Waals surface area contributed by atoms with Crippen LogP contribution in [0.5, 0.6) is 0 Å². The quantitative estimate of drug-likeness (QED) is 0.446. The first kappa shape index (κ1) is 10.9. The molecule has 0 aromatic carbocycles. The van der Waals surface area contributed by atoms with Crippen molar-refractivity contribution in [2.75, 3.05) is 13.2 Å². The molecule has 3 N–H and O–H groups in total. The van der Waals surface area contributed by atoms with Crippen LogP contribution in [0.1, 0.15) is 0 Å². The predicted octanol–water partition coefficient (Wildman–Crippen LogP) is -1.60. The molecule has 1 unspecified atom stereocenters. The van der Waals surface area contributed by atoms with Crippen LogP contribution in [0.15, 0.2) is 0 Å². The zero-order chi connectivity index (χ0) is 11.7. The number of primary amides is 1. The van der Waals surface area contributed by atoms with E-state index in [0.717, 1.165) is 0 Å². The van der Waals surface area contributed by atoms with Crippen LogP contribution in [0.25, 0.3) is 0 Å². The van der Waals surface area contributed by atoms with Gasteiger partial charge < -0.3 is 25.4 Å². The maximum atomic E-state index is 10.7. The van der Waals surface area contributed by atoms with Crippen molar-refractivity contribution in [3.63, 3.8) is 0 Å². The number of fused-ring (bicyclic) bond motifs is 1.